The van der Waals surface area contributed by atoms with Crippen LogP contribution in [0.1, 0.15) is 29.1 Å². The number of nitrogens with zero attached hydrogens (tertiary/aromatic N) is 3. The van der Waals surface area contributed by atoms with Crippen molar-refractivity contribution in [3.05, 3.63) is 54.2 Å². The lowest BCUT2D eigenvalue weighted by atomic mass is 10.2. The lowest BCUT2D eigenvalue weighted by molar-refractivity contribution is 0.0931. The number of carbonyl (C=O) groups is 1. The maximum atomic E-state index is 12.6. The van der Waals surface area contributed by atoms with E-state index >= 15 is 0 Å². The molecule has 6 nitrogen and oxygen atoms in total. The molecule has 0 bridgehead atoms. The Morgan fingerprint density at radius 1 is 1.30 bits per heavy atom. The van der Waals surface area contributed by atoms with Gasteiger partial charge in [-0.05, 0) is 31.2 Å². The molecular formula is C17H18N4O2. The Balaban J connectivity index is 1.88. The van der Waals surface area contributed by atoms with E-state index in [1.165, 1.54) is 6.33 Å². The summed E-state index contributed by atoms with van der Waals surface area (Å²) in [5.74, 6) is 0.619. The van der Waals surface area contributed by atoms with Gasteiger partial charge in [0.15, 0.2) is 0 Å². The van der Waals surface area contributed by atoms with E-state index < -0.39 is 0 Å². The number of carbonyl (C=O) groups excluding carboxylic acids is 1. The van der Waals surface area contributed by atoms with E-state index in [4.69, 9.17) is 4.74 Å². The van der Waals surface area contributed by atoms with Crippen molar-refractivity contribution < 1.29 is 9.53 Å². The summed E-state index contributed by atoms with van der Waals surface area (Å²) in [4.78, 5) is 20.6. The summed E-state index contributed by atoms with van der Waals surface area (Å²) in [6.07, 6.45) is 3.13. The van der Waals surface area contributed by atoms with Gasteiger partial charge in [-0.15, -0.1) is 0 Å². The topological polar surface area (TPSA) is 69.0 Å². The molecule has 3 rings (SSSR count). The van der Waals surface area contributed by atoms with Crippen LogP contribution in [0.15, 0.2) is 42.9 Å². The molecule has 1 aromatic carbocycles. The lowest BCUT2D eigenvalue weighted by Crippen LogP contribution is -2.28. The molecule has 1 amide bonds. The molecule has 0 spiro atoms. The number of hydrogen-bond donors (Lipinski definition) is 1. The second-order valence-electron chi connectivity index (χ2n) is 5.34. The maximum Gasteiger partial charge on any atom is 0.268 e. The third-order valence-corrected chi connectivity index (χ3v) is 3.88. The Labute approximate surface area is 134 Å². The first-order chi connectivity index (χ1) is 11.1. The molecule has 1 unspecified atom stereocenters. The fourth-order valence-corrected chi connectivity index (χ4v) is 2.56. The monoisotopic (exact) mass is 310 g/mol. The minimum atomic E-state index is -0.196. The average Bonchev–Trinajstić information content (AvgIpc) is 2.92. The van der Waals surface area contributed by atoms with Crippen molar-refractivity contribution in [1.29, 1.82) is 0 Å². The van der Waals surface area contributed by atoms with E-state index in [9.17, 15) is 4.79 Å². The van der Waals surface area contributed by atoms with Crippen LogP contribution >= 0.6 is 0 Å². The molecule has 0 saturated heterocycles. The lowest BCUT2D eigenvalue weighted by Gasteiger charge is -2.13. The third-order valence-electron chi connectivity index (χ3n) is 3.88. The normalized spacial score (nSPS) is 12.1. The van der Waals surface area contributed by atoms with E-state index in [2.05, 4.69) is 15.3 Å². The molecule has 2 heterocycles. The van der Waals surface area contributed by atoms with Crippen molar-refractivity contribution in [2.24, 2.45) is 7.05 Å². The number of hydrogen-bond acceptors (Lipinski definition) is 4. The highest BCUT2D eigenvalue weighted by atomic mass is 16.5. The van der Waals surface area contributed by atoms with Crippen molar-refractivity contribution in [3.8, 4) is 5.75 Å². The number of ether oxygens (including phenoxy) is 1. The number of benzene rings is 1. The van der Waals surface area contributed by atoms with Crippen LogP contribution in [0.3, 0.4) is 0 Å². The highest BCUT2D eigenvalue weighted by Crippen LogP contribution is 2.24. The molecule has 6 heteroatoms. The van der Waals surface area contributed by atoms with Crippen LogP contribution in [-0.4, -0.2) is 27.6 Å². The molecule has 0 saturated carbocycles. The minimum Gasteiger partial charge on any atom is -0.497 e. The van der Waals surface area contributed by atoms with Crippen molar-refractivity contribution in [2.75, 3.05) is 7.11 Å². The summed E-state index contributed by atoms with van der Waals surface area (Å²) in [7, 11) is 3.49. The molecule has 0 radical (unpaired) electrons. The van der Waals surface area contributed by atoms with Crippen LogP contribution in [0.4, 0.5) is 0 Å². The predicted octanol–water partition coefficient (Wildman–Crippen LogP) is 2.47. The van der Waals surface area contributed by atoms with Crippen LogP contribution in [0.5, 0.6) is 5.75 Å². The SMILES string of the molecule is COc1ccc2cc(C(=O)NC(C)c3ccncn3)n(C)c2c1. The Bertz CT molecular complexity index is 842. The van der Waals surface area contributed by atoms with Crippen molar-refractivity contribution in [3.63, 3.8) is 0 Å². The fourth-order valence-electron chi connectivity index (χ4n) is 2.56. The molecule has 1 atom stereocenters. The first kappa shape index (κ1) is 15.0. The smallest absolute Gasteiger partial charge is 0.268 e. The Kier molecular flexibility index (Phi) is 3.97. The van der Waals surface area contributed by atoms with Crippen molar-refractivity contribution in [2.45, 2.75) is 13.0 Å². The average molecular weight is 310 g/mol. The number of aromatic nitrogens is 3. The zero-order chi connectivity index (χ0) is 16.4. The van der Waals surface area contributed by atoms with Crippen molar-refractivity contribution >= 4 is 16.8 Å². The van der Waals surface area contributed by atoms with Crippen LogP contribution in [-0.2, 0) is 7.05 Å². The molecule has 1 N–H and O–H groups in total. The molecule has 2 aromatic heterocycles. The van der Waals surface area contributed by atoms with Gasteiger partial charge in [0.1, 0.15) is 17.8 Å². The molecule has 3 aromatic rings. The van der Waals surface area contributed by atoms with E-state index in [1.807, 2.05) is 42.8 Å². The van der Waals surface area contributed by atoms with Gasteiger partial charge < -0.3 is 14.6 Å². The van der Waals surface area contributed by atoms with Crippen molar-refractivity contribution in [1.82, 2.24) is 19.9 Å². The quantitative estimate of drug-likeness (QED) is 0.804. The maximum absolute atomic E-state index is 12.6. The van der Waals surface area contributed by atoms with Gasteiger partial charge in [0.25, 0.3) is 5.91 Å². The predicted molar refractivity (Wildman–Crippen MR) is 87.4 cm³/mol. The highest BCUT2D eigenvalue weighted by Gasteiger charge is 2.17. The van der Waals surface area contributed by atoms with Crippen LogP contribution in [0, 0.1) is 0 Å². The van der Waals surface area contributed by atoms with Gasteiger partial charge >= 0.3 is 0 Å². The van der Waals surface area contributed by atoms with Crippen LogP contribution in [0.2, 0.25) is 0 Å². The first-order valence-corrected chi connectivity index (χ1v) is 7.30. The number of nitrogens with one attached hydrogen (secondary N) is 1. The summed E-state index contributed by atoms with van der Waals surface area (Å²) >= 11 is 0. The van der Waals surface area contributed by atoms with Gasteiger partial charge in [-0.3, -0.25) is 4.79 Å². The summed E-state index contributed by atoms with van der Waals surface area (Å²) < 4.78 is 7.10. The second-order valence-corrected chi connectivity index (χ2v) is 5.34. The van der Waals surface area contributed by atoms with Gasteiger partial charge in [0.05, 0.1) is 24.4 Å². The van der Waals surface area contributed by atoms with Gasteiger partial charge in [-0.1, -0.05) is 0 Å². The number of fused-ring (bicyclic) bond motifs is 1. The molecule has 118 valence electrons. The van der Waals surface area contributed by atoms with E-state index in [0.717, 1.165) is 22.3 Å². The van der Waals surface area contributed by atoms with Gasteiger partial charge in [-0.2, -0.15) is 0 Å². The number of amides is 1. The van der Waals surface area contributed by atoms with Gasteiger partial charge in [0.2, 0.25) is 0 Å². The fraction of sp³-hybridized carbons (Fsp3) is 0.235. The zero-order valence-electron chi connectivity index (χ0n) is 13.3. The number of methoxy groups -OCH3 is 1. The molecule has 0 fully saturated rings. The summed E-state index contributed by atoms with van der Waals surface area (Å²) in [5, 5.41) is 3.96. The zero-order valence-corrected chi connectivity index (χ0v) is 13.3. The van der Waals surface area contributed by atoms with Crippen LogP contribution in [0.25, 0.3) is 10.9 Å². The molecule has 0 aliphatic rings. The van der Waals surface area contributed by atoms with Crippen LogP contribution < -0.4 is 10.1 Å². The summed E-state index contributed by atoms with van der Waals surface area (Å²) in [6, 6.07) is 9.21. The third kappa shape index (κ3) is 2.88. The van der Waals surface area contributed by atoms with Gasteiger partial charge in [0, 0.05) is 24.7 Å². The minimum absolute atomic E-state index is 0.145. The second kappa shape index (κ2) is 6.08. The Morgan fingerprint density at radius 2 is 2.13 bits per heavy atom. The standard InChI is InChI=1S/C17H18N4O2/c1-11(14-6-7-18-10-19-14)20-17(22)16-8-12-4-5-13(23-3)9-15(12)21(16)2/h4-11H,1-3H3,(H,20,22). The molecule has 0 aliphatic carbocycles. The molecular weight excluding hydrogens is 292 g/mol. The summed E-state index contributed by atoms with van der Waals surface area (Å²) in [5.41, 5.74) is 2.31. The molecule has 23 heavy (non-hydrogen) atoms. The van der Waals surface area contributed by atoms with Gasteiger partial charge in [-0.25, -0.2) is 9.97 Å². The Morgan fingerprint density at radius 3 is 2.83 bits per heavy atom. The largest absolute Gasteiger partial charge is 0.497 e. The summed E-state index contributed by atoms with van der Waals surface area (Å²) in [6.45, 7) is 1.89. The number of aryl methyl sites for hydroxylation is 1. The van der Waals surface area contributed by atoms with E-state index in [-0.39, 0.29) is 11.9 Å². The van der Waals surface area contributed by atoms with E-state index in [0.29, 0.717) is 5.69 Å². The first-order valence-electron chi connectivity index (χ1n) is 7.30. The van der Waals surface area contributed by atoms with E-state index in [1.54, 1.807) is 19.4 Å². The number of rotatable bonds is 4. The Hall–Kier alpha value is -2.89. The molecule has 0 aliphatic heterocycles. The highest BCUT2D eigenvalue weighted by molar-refractivity contribution is 5.99.